The lowest BCUT2D eigenvalue weighted by Gasteiger charge is -2.15. The van der Waals surface area contributed by atoms with E-state index in [0.29, 0.717) is 0 Å². The Labute approximate surface area is 136 Å². The second-order valence-corrected chi connectivity index (χ2v) is 5.71. The maximum absolute atomic E-state index is 4.98. The van der Waals surface area contributed by atoms with Gasteiger partial charge >= 0.3 is 0 Å². The number of benzene rings is 3. The van der Waals surface area contributed by atoms with Gasteiger partial charge in [-0.25, -0.2) is 4.98 Å². The third-order valence-corrected chi connectivity index (χ3v) is 4.26. The number of rotatable bonds is 2. The Morgan fingerprint density at radius 2 is 1.17 bits per heavy atom. The van der Waals surface area contributed by atoms with Gasteiger partial charge in [-0.3, -0.25) is 0 Å². The van der Waals surface area contributed by atoms with E-state index in [0.717, 1.165) is 16.8 Å². The average molecular weight is 295 g/mol. The summed E-state index contributed by atoms with van der Waals surface area (Å²) in [5, 5.41) is 1.21. The third kappa shape index (κ3) is 2.40. The number of aromatic nitrogens is 1. The molecule has 1 heteroatoms. The lowest BCUT2D eigenvalue weighted by atomic mass is 9.92. The van der Waals surface area contributed by atoms with Crippen LogP contribution >= 0.6 is 0 Å². The zero-order valence-corrected chi connectivity index (χ0v) is 13.0. The fourth-order valence-corrected chi connectivity index (χ4v) is 3.14. The Balaban J connectivity index is 2.11. The Morgan fingerprint density at radius 1 is 0.609 bits per heavy atom. The van der Waals surface area contributed by atoms with Crippen LogP contribution in [0.15, 0.2) is 84.9 Å². The number of hydrogen-bond donors (Lipinski definition) is 0. The van der Waals surface area contributed by atoms with E-state index in [2.05, 4.69) is 79.7 Å². The fourth-order valence-electron chi connectivity index (χ4n) is 3.14. The van der Waals surface area contributed by atoms with E-state index >= 15 is 0 Å². The van der Waals surface area contributed by atoms with Crippen molar-refractivity contribution in [1.82, 2.24) is 4.98 Å². The molecule has 110 valence electrons. The number of hydrogen-bond acceptors (Lipinski definition) is 1. The van der Waals surface area contributed by atoms with E-state index in [1.54, 1.807) is 0 Å². The Morgan fingerprint density at radius 3 is 1.87 bits per heavy atom. The summed E-state index contributed by atoms with van der Waals surface area (Å²) in [6.07, 6.45) is 0. The molecule has 0 saturated heterocycles. The van der Waals surface area contributed by atoms with Gasteiger partial charge in [0.05, 0.1) is 11.2 Å². The van der Waals surface area contributed by atoms with Gasteiger partial charge < -0.3 is 0 Å². The van der Waals surface area contributed by atoms with Crippen LogP contribution in [0.3, 0.4) is 0 Å². The molecule has 1 nitrogen and oxygen atoms in total. The highest BCUT2D eigenvalue weighted by molar-refractivity contribution is 5.95. The molecule has 0 aliphatic carbocycles. The first-order valence-electron chi connectivity index (χ1n) is 7.85. The van der Waals surface area contributed by atoms with Crippen LogP contribution in [0, 0.1) is 6.92 Å². The molecule has 0 atom stereocenters. The van der Waals surface area contributed by atoms with Crippen molar-refractivity contribution in [1.29, 1.82) is 0 Å². The second kappa shape index (κ2) is 5.69. The molecule has 0 amide bonds. The molecular weight excluding hydrogens is 278 g/mol. The minimum Gasteiger partial charge on any atom is -0.247 e. The van der Waals surface area contributed by atoms with Gasteiger partial charge in [0.2, 0.25) is 0 Å². The van der Waals surface area contributed by atoms with E-state index in [1.165, 1.54) is 22.1 Å². The topological polar surface area (TPSA) is 12.9 Å². The first-order chi connectivity index (χ1) is 11.3. The second-order valence-electron chi connectivity index (χ2n) is 5.71. The maximum Gasteiger partial charge on any atom is 0.0790 e. The molecular formula is C22H17N. The molecule has 4 aromatic rings. The van der Waals surface area contributed by atoms with Crippen molar-refractivity contribution >= 4 is 10.9 Å². The summed E-state index contributed by atoms with van der Waals surface area (Å²) in [5.74, 6) is 0. The first-order valence-corrected chi connectivity index (χ1v) is 7.85. The average Bonchev–Trinajstić information content (AvgIpc) is 2.63. The van der Waals surface area contributed by atoms with E-state index in [9.17, 15) is 0 Å². The third-order valence-electron chi connectivity index (χ3n) is 4.26. The van der Waals surface area contributed by atoms with Gasteiger partial charge in [0.25, 0.3) is 0 Å². The predicted octanol–water partition coefficient (Wildman–Crippen LogP) is 5.88. The molecule has 0 fully saturated rings. The molecule has 0 unspecified atom stereocenters. The van der Waals surface area contributed by atoms with Crippen LogP contribution in [0.5, 0.6) is 0 Å². The summed E-state index contributed by atoms with van der Waals surface area (Å²) < 4.78 is 0. The minimum atomic E-state index is 1.04. The molecule has 0 aliphatic heterocycles. The van der Waals surface area contributed by atoms with Gasteiger partial charge in [-0.1, -0.05) is 78.9 Å². The van der Waals surface area contributed by atoms with Crippen molar-refractivity contribution in [2.75, 3.05) is 0 Å². The van der Waals surface area contributed by atoms with Gasteiger partial charge in [-0.05, 0) is 24.1 Å². The summed E-state index contributed by atoms with van der Waals surface area (Å²) in [6.45, 7) is 2.19. The van der Waals surface area contributed by atoms with E-state index in [1.807, 2.05) is 12.1 Å². The van der Waals surface area contributed by atoms with Crippen LogP contribution in [0.2, 0.25) is 0 Å². The lowest BCUT2D eigenvalue weighted by molar-refractivity contribution is 1.36. The van der Waals surface area contributed by atoms with Crippen LogP contribution in [-0.4, -0.2) is 4.98 Å². The molecule has 3 aromatic carbocycles. The molecule has 0 aliphatic rings. The lowest BCUT2D eigenvalue weighted by Crippen LogP contribution is -1.95. The molecule has 0 bridgehead atoms. The molecule has 1 heterocycles. The van der Waals surface area contributed by atoms with Gasteiger partial charge in [0.15, 0.2) is 0 Å². The van der Waals surface area contributed by atoms with Crippen molar-refractivity contribution in [2.24, 2.45) is 0 Å². The predicted molar refractivity (Wildman–Crippen MR) is 97.4 cm³/mol. The van der Waals surface area contributed by atoms with E-state index < -0.39 is 0 Å². The van der Waals surface area contributed by atoms with Crippen LogP contribution in [0.1, 0.15) is 5.56 Å². The number of nitrogens with zero attached hydrogens (tertiary/aromatic N) is 1. The van der Waals surface area contributed by atoms with Crippen LogP contribution < -0.4 is 0 Å². The molecule has 0 N–H and O–H groups in total. The fraction of sp³-hybridized carbons (Fsp3) is 0.0455. The zero-order chi connectivity index (χ0) is 15.6. The van der Waals surface area contributed by atoms with Crippen LogP contribution in [0.25, 0.3) is 33.3 Å². The molecule has 0 spiro atoms. The Hall–Kier alpha value is -2.93. The summed E-state index contributed by atoms with van der Waals surface area (Å²) in [5.41, 5.74) is 6.95. The van der Waals surface area contributed by atoms with E-state index in [4.69, 9.17) is 4.98 Å². The minimum absolute atomic E-state index is 1.04. The summed E-state index contributed by atoms with van der Waals surface area (Å²) in [7, 11) is 0. The van der Waals surface area contributed by atoms with Crippen molar-refractivity contribution in [3.63, 3.8) is 0 Å². The standard InChI is InChI=1S/C22H17N/c1-16-19-14-8-9-15-20(19)23-22(18-12-6-3-7-13-18)21(16)17-10-4-2-5-11-17/h2-15H,1H3. The SMILES string of the molecule is Cc1c(-c2ccccc2)c(-c2ccccc2)nc2ccccc12. The van der Waals surface area contributed by atoms with E-state index in [-0.39, 0.29) is 0 Å². The number of fused-ring (bicyclic) bond motifs is 1. The van der Waals surface area contributed by atoms with Gasteiger partial charge in [-0.15, -0.1) is 0 Å². The first kappa shape index (κ1) is 13.7. The van der Waals surface area contributed by atoms with Crippen molar-refractivity contribution in [3.8, 4) is 22.4 Å². The quantitative estimate of drug-likeness (QED) is 0.450. The van der Waals surface area contributed by atoms with Crippen molar-refractivity contribution in [3.05, 3.63) is 90.5 Å². The smallest absolute Gasteiger partial charge is 0.0790 e. The largest absolute Gasteiger partial charge is 0.247 e. The highest BCUT2D eigenvalue weighted by Gasteiger charge is 2.14. The number of pyridine rings is 1. The van der Waals surface area contributed by atoms with Crippen molar-refractivity contribution in [2.45, 2.75) is 6.92 Å². The summed E-state index contributed by atoms with van der Waals surface area (Å²) in [4.78, 5) is 4.98. The van der Waals surface area contributed by atoms with Crippen LogP contribution in [0.4, 0.5) is 0 Å². The molecule has 23 heavy (non-hydrogen) atoms. The molecule has 0 saturated carbocycles. The summed E-state index contributed by atoms with van der Waals surface area (Å²) >= 11 is 0. The highest BCUT2D eigenvalue weighted by atomic mass is 14.7. The normalized spacial score (nSPS) is 10.8. The molecule has 0 radical (unpaired) electrons. The molecule has 4 rings (SSSR count). The van der Waals surface area contributed by atoms with Gasteiger partial charge in [-0.2, -0.15) is 0 Å². The monoisotopic (exact) mass is 295 g/mol. The number of para-hydroxylation sites is 1. The van der Waals surface area contributed by atoms with Crippen LogP contribution in [-0.2, 0) is 0 Å². The Kier molecular flexibility index (Phi) is 3.39. The van der Waals surface area contributed by atoms with Gasteiger partial charge in [0, 0.05) is 16.5 Å². The molecule has 1 aromatic heterocycles. The number of aryl methyl sites for hydroxylation is 1. The zero-order valence-electron chi connectivity index (χ0n) is 13.0. The summed E-state index contributed by atoms with van der Waals surface area (Å²) in [6, 6.07) is 29.3. The Bertz CT molecular complexity index is 957. The highest BCUT2D eigenvalue weighted by Crippen LogP contribution is 2.36. The van der Waals surface area contributed by atoms with Crippen molar-refractivity contribution < 1.29 is 0 Å². The maximum atomic E-state index is 4.98. The van der Waals surface area contributed by atoms with Gasteiger partial charge in [0.1, 0.15) is 0 Å².